The summed E-state index contributed by atoms with van der Waals surface area (Å²) in [6, 6.07) is 9.17. The molecule has 1 heterocycles. The van der Waals surface area contributed by atoms with E-state index in [1.54, 1.807) is 18.2 Å². The van der Waals surface area contributed by atoms with E-state index >= 15 is 0 Å². The Morgan fingerprint density at radius 1 is 1.26 bits per heavy atom. The third kappa shape index (κ3) is 3.68. The van der Waals surface area contributed by atoms with E-state index in [4.69, 9.17) is 4.74 Å². The summed E-state index contributed by atoms with van der Waals surface area (Å²) >= 11 is 0. The van der Waals surface area contributed by atoms with Gasteiger partial charge >= 0.3 is 5.97 Å². The Morgan fingerprint density at radius 2 is 2.00 bits per heavy atom. The monoisotopic (exact) mass is 392 g/mol. The molecule has 0 aliphatic carbocycles. The van der Waals surface area contributed by atoms with Crippen LogP contribution >= 0.6 is 0 Å². The predicted octanol–water partition coefficient (Wildman–Crippen LogP) is 0.653. The van der Waals surface area contributed by atoms with Crippen LogP contribution in [0.5, 0.6) is 0 Å². The van der Waals surface area contributed by atoms with Crippen molar-refractivity contribution in [2.24, 2.45) is 0 Å². The van der Waals surface area contributed by atoms with Crippen molar-refractivity contribution in [1.82, 2.24) is 19.7 Å². The van der Waals surface area contributed by atoms with Crippen molar-refractivity contribution in [3.8, 4) is 0 Å². The fourth-order valence-corrected chi connectivity index (χ4v) is 3.01. The predicted molar refractivity (Wildman–Crippen MR) is 91.9 cm³/mol. The molecule has 0 atom stereocenters. The van der Waals surface area contributed by atoms with Crippen molar-refractivity contribution < 1.29 is 22.3 Å². The van der Waals surface area contributed by atoms with Gasteiger partial charge in [-0.15, -0.1) is 5.10 Å². The zero-order valence-electron chi connectivity index (χ0n) is 13.9. The SMILES string of the molecule is CNS(=O)(=O)c1ccc(F)c(C(=O)OCn2nnc3ccccc3c2=O)c1. The van der Waals surface area contributed by atoms with Gasteiger partial charge in [0.2, 0.25) is 10.0 Å². The molecule has 0 spiro atoms. The van der Waals surface area contributed by atoms with Crippen LogP contribution in [0.4, 0.5) is 4.39 Å². The first-order valence-corrected chi connectivity index (χ1v) is 9.04. The first-order chi connectivity index (χ1) is 12.8. The van der Waals surface area contributed by atoms with Crippen LogP contribution in [-0.2, 0) is 21.5 Å². The van der Waals surface area contributed by atoms with Crippen molar-refractivity contribution in [1.29, 1.82) is 0 Å². The molecule has 0 amide bonds. The van der Waals surface area contributed by atoms with Crippen molar-refractivity contribution >= 4 is 26.9 Å². The number of nitrogens with one attached hydrogen (secondary N) is 1. The van der Waals surface area contributed by atoms with Gasteiger partial charge in [0.15, 0.2) is 6.73 Å². The number of rotatable bonds is 5. The average Bonchev–Trinajstić information content (AvgIpc) is 2.67. The van der Waals surface area contributed by atoms with Crippen LogP contribution in [0.3, 0.4) is 0 Å². The maximum absolute atomic E-state index is 13.9. The zero-order valence-corrected chi connectivity index (χ0v) is 14.7. The number of carbonyl (C=O) groups excluding carboxylic acids is 1. The molecule has 9 nitrogen and oxygen atoms in total. The number of halogens is 1. The van der Waals surface area contributed by atoms with Gasteiger partial charge in [-0.25, -0.2) is 22.3 Å². The molecule has 0 bridgehead atoms. The van der Waals surface area contributed by atoms with Crippen molar-refractivity contribution in [2.75, 3.05) is 7.05 Å². The summed E-state index contributed by atoms with van der Waals surface area (Å²) in [7, 11) is -2.69. The Morgan fingerprint density at radius 3 is 2.74 bits per heavy atom. The summed E-state index contributed by atoms with van der Waals surface area (Å²) in [4.78, 5) is 24.1. The van der Waals surface area contributed by atoms with Gasteiger partial charge in [-0.1, -0.05) is 17.3 Å². The third-order valence-corrected chi connectivity index (χ3v) is 5.10. The molecule has 1 N–H and O–H groups in total. The van der Waals surface area contributed by atoms with Gasteiger partial charge in [0.05, 0.1) is 15.8 Å². The van der Waals surface area contributed by atoms with Crippen molar-refractivity contribution in [2.45, 2.75) is 11.6 Å². The number of hydrogen-bond donors (Lipinski definition) is 1. The largest absolute Gasteiger partial charge is 0.438 e. The lowest BCUT2D eigenvalue weighted by Crippen LogP contribution is -2.27. The molecular formula is C16H13FN4O5S. The minimum absolute atomic E-state index is 0.275. The summed E-state index contributed by atoms with van der Waals surface area (Å²) in [5.74, 6) is -2.12. The highest BCUT2D eigenvalue weighted by molar-refractivity contribution is 7.89. The van der Waals surface area contributed by atoms with Gasteiger partial charge in [0, 0.05) is 0 Å². The number of sulfonamides is 1. The minimum Gasteiger partial charge on any atom is -0.438 e. The van der Waals surface area contributed by atoms with E-state index in [0.717, 1.165) is 22.9 Å². The quantitative estimate of drug-likeness (QED) is 0.633. The lowest BCUT2D eigenvalue weighted by atomic mass is 10.2. The number of nitrogens with zero attached hydrogens (tertiary/aromatic N) is 3. The van der Waals surface area contributed by atoms with E-state index in [1.807, 2.05) is 0 Å². The molecule has 11 heteroatoms. The minimum atomic E-state index is -3.87. The standard InChI is InChI=1S/C16H13FN4O5S/c1-18-27(24,25)10-6-7-13(17)12(8-10)16(23)26-9-21-15(22)11-4-2-3-5-14(11)19-20-21/h2-8,18H,9H2,1H3. The molecule has 1 aromatic heterocycles. The molecule has 140 valence electrons. The first kappa shape index (κ1) is 18.6. The second-order valence-corrected chi connectivity index (χ2v) is 7.21. The summed E-state index contributed by atoms with van der Waals surface area (Å²) in [6.45, 7) is -0.613. The average molecular weight is 392 g/mol. The molecule has 0 fully saturated rings. The van der Waals surface area contributed by atoms with Crippen LogP contribution in [0, 0.1) is 5.82 Å². The topological polar surface area (TPSA) is 120 Å². The third-order valence-electron chi connectivity index (χ3n) is 3.68. The highest BCUT2D eigenvalue weighted by Gasteiger charge is 2.19. The molecule has 0 aliphatic rings. The molecule has 0 unspecified atom stereocenters. The molecular weight excluding hydrogens is 379 g/mol. The number of aromatic nitrogens is 3. The Bertz CT molecular complexity index is 1190. The number of hydrogen-bond acceptors (Lipinski definition) is 7. The van der Waals surface area contributed by atoms with Crippen LogP contribution in [0.25, 0.3) is 10.9 Å². The van der Waals surface area contributed by atoms with E-state index in [2.05, 4.69) is 15.0 Å². The van der Waals surface area contributed by atoms with E-state index in [-0.39, 0.29) is 10.3 Å². The molecule has 3 rings (SSSR count). The van der Waals surface area contributed by atoms with E-state index in [0.29, 0.717) is 5.52 Å². The van der Waals surface area contributed by atoms with E-state index in [9.17, 15) is 22.4 Å². The normalized spacial score (nSPS) is 11.5. The smallest absolute Gasteiger partial charge is 0.342 e. The Balaban J connectivity index is 1.86. The highest BCUT2D eigenvalue weighted by Crippen LogP contribution is 2.16. The van der Waals surface area contributed by atoms with Crippen LogP contribution < -0.4 is 10.3 Å². The van der Waals surface area contributed by atoms with Gasteiger partial charge in [0.1, 0.15) is 11.3 Å². The Hall–Kier alpha value is -3.18. The summed E-state index contributed by atoms with van der Waals surface area (Å²) in [5, 5.41) is 7.74. The van der Waals surface area contributed by atoms with E-state index in [1.165, 1.54) is 13.1 Å². The second kappa shape index (κ2) is 7.21. The van der Waals surface area contributed by atoms with Gasteiger partial charge in [-0.05, 0) is 37.4 Å². The molecule has 0 aliphatic heterocycles. The molecule has 0 saturated heterocycles. The first-order valence-electron chi connectivity index (χ1n) is 7.56. The number of carbonyl (C=O) groups is 1. The van der Waals surface area contributed by atoms with Gasteiger partial charge in [0.25, 0.3) is 5.56 Å². The van der Waals surface area contributed by atoms with Crippen molar-refractivity contribution in [3.05, 3.63) is 64.2 Å². The molecule has 0 saturated carbocycles. The van der Waals surface area contributed by atoms with Crippen LogP contribution in [0.2, 0.25) is 0 Å². The highest BCUT2D eigenvalue weighted by atomic mass is 32.2. The Kier molecular flexibility index (Phi) is 4.97. The molecule has 0 radical (unpaired) electrons. The summed E-state index contributed by atoms with van der Waals surface area (Å²) in [5.41, 5.74) is -0.755. The van der Waals surface area contributed by atoms with E-state index < -0.39 is 39.7 Å². The van der Waals surface area contributed by atoms with Gasteiger partial charge in [-0.3, -0.25) is 4.79 Å². The van der Waals surface area contributed by atoms with Crippen LogP contribution in [-0.4, -0.2) is 36.4 Å². The number of ether oxygens (including phenoxy) is 1. The summed E-state index contributed by atoms with van der Waals surface area (Å²) in [6.07, 6.45) is 0. The molecule has 27 heavy (non-hydrogen) atoms. The maximum atomic E-state index is 13.9. The van der Waals surface area contributed by atoms with Crippen LogP contribution in [0.1, 0.15) is 10.4 Å². The fraction of sp³-hybridized carbons (Fsp3) is 0.125. The second-order valence-electron chi connectivity index (χ2n) is 5.32. The lowest BCUT2D eigenvalue weighted by molar-refractivity contribution is 0.0330. The summed E-state index contributed by atoms with van der Waals surface area (Å²) < 4.78 is 45.2. The van der Waals surface area contributed by atoms with Gasteiger partial charge < -0.3 is 4.74 Å². The van der Waals surface area contributed by atoms with Gasteiger partial charge in [-0.2, -0.15) is 4.68 Å². The maximum Gasteiger partial charge on any atom is 0.342 e. The Labute approximate surface area is 152 Å². The number of esters is 1. The van der Waals surface area contributed by atoms with Crippen LogP contribution in [0.15, 0.2) is 52.2 Å². The van der Waals surface area contributed by atoms with Crippen molar-refractivity contribution in [3.63, 3.8) is 0 Å². The fourth-order valence-electron chi connectivity index (χ4n) is 2.25. The molecule has 3 aromatic rings. The number of benzene rings is 2. The lowest BCUT2D eigenvalue weighted by Gasteiger charge is -2.09. The molecule has 2 aromatic carbocycles. The zero-order chi connectivity index (χ0) is 19.6. The number of fused-ring (bicyclic) bond motifs is 1.